The maximum atomic E-state index is 4.83. The van der Waals surface area contributed by atoms with Crippen LogP contribution in [0.5, 0.6) is 0 Å². The number of thiazole rings is 2. The van der Waals surface area contributed by atoms with Gasteiger partial charge in [-0.1, -0.05) is 213 Å². The second-order valence-electron chi connectivity index (χ2n) is 15.7. The van der Waals surface area contributed by atoms with Gasteiger partial charge in [-0.25, -0.2) is 19.3 Å². The third-order valence-corrected chi connectivity index (χ3v) is 11.8. The summed E-state index contributed by atoms with van der Waals surface area (Å²) in [4.78, 5) is 23.0. The van der Waals surface area contributed by atoms with E-state index >= 15 is 0 Å². The minimum atomic E-state index is 0.718. The van der Waals surface area contributed by atoms with Gasteiger partial charge in [-0.2, -0.15) is 5.10 Å². The second kappa shape index (κ2) is 107. The van der Waals surface area contributed by atoms with Gasteiger partial charge in [0.1, 0.15) is 23.5 Å². The number of furan rings is 1. The molecule has 0 unspecified atom stereocenters. The van der Waals surface area contributed by atoms with Crippen LogP contribution in [0.2, 0.25) is 0 Å². The molecule has 15 nitrogen and oxygen atoms in total. The Labute approximate surface area is 630 Å². The number of aryl methyl sites for hydroxylation is 15. The molecule has 11 aromatic heterocycles. The number of imidazole rings is 1. The highest BCUT2D eigenvalue weighted by Gasteiger charge is 1.86. The van der Waals surface area contributed by atoms with Crippen LogP contribution in [0.15, 0.2) is 200 Å². The van der Waals surface area contributed by atoms with E-state index < -0.39 is 0 Å². The molecule has 0 N–H and O–H groups in total. The van der Waals surface area contributed by atoms with Gasteiger partial charge in [0, 0.05) is 108 Å². The molecule has 0 fully saturated rings. The van der Waals surface area contributed by atoms with Gasteiger partial charge >= 0.3 is 0 Å². The Hall–Kier alpha value is -7.58. The molecule has 1 aromatic carbocycles. The number of oxazole rings is 2. The van der Waals surface area contributed by atoms with Gasteiger partial charge < -0.3 is 26.9 Å². The van der Waals surface area contributed by atoms with E-state index in [4.69, 9.17) is 13.3 Å². The molecule has 0 aliphatic heterocycles. The smallest absolute Gasteiger partial charge is 0.190 e. The van der Waals surface area contributed by atoms with E-state index in [1.807, 2.05) is 330 Å². The number of hydrogen-bond donors (Lipinski definition) is 0. The molecule has 574 valence electrons. The molecule has 0 bridgehead atoms. The van der Waals surface area contributed by atoms with E-state index in [1.165, 1.54) is 55.2 Å². The van der Waals surface area contributed by atoms with E-state index in [0.717, 1.165) is 28.2 Å². The summed E-state index contributed by atoms with van der Waals surface area (Å²) in [6.45, 7) is 71.8. The maximum absolute atomic E-state index is 4.83. The van der Waals surface area contributed by atoms with Crippen molar-refractivity contribution in [1.29, 1.82) is 0 Å². The fourth-order valence-electron chi connectivity index (χ4n) is 4.37. The van der Waals surface area contributed by atoms with Crippen molar-refractivity contribution >= 4 is 45.5 Å². The van der Waals surface area contributed by atoms with Crippen molar-refractivity contribution in [3.63, 3.8) is 0 Å². The van der Waals surface area contributed by atoms with Crippen molar-refractivity contribution in [2.75, 3.05) is 0 Å². The van der Waals surface area contributed by atoms with Crippen LogP contribution in [0.3, 0.4) is 0 Å². The Balaban J connectivity index is -0.0000000822. The van der Waals surface area contributed by atoms with E-state index in [1.54, 1.807) is 103 Å². The van der Waals surface area contributed by atoms with E-state index in [9.17, 15) is 0 Å². The highest BCUT2D eigenvalue weighted by atomic mass is 32.1. The summed E-state index contributed by atoms with van der Waals surface area (Å²) in [5.74, 6) is 3.40. The van der Waals surface area contributed by atoms with Gasteiger partial charge in [-0.05, 0) is 136 Å². The van der Waals surface area contributed by atoms with E-state index in [0.29, 0.717) is 0 Å². The average molecular weight is 1470 g/mol. The normalized spacial score (nSPS) is 7.55. The van der Waals surface area contributed by atoms with Crippen molar-refractivity contribution < 1.29 is 17.8 Å². The topological polar surface area (TPSA) is 170 Å². The molecule has 0 amide bonds. The van der Waals surface area contributed by atoms with Crippen LogP contribution in [0.4, 0.5) is 0 Å². The SMILES string of the molecule is CC.CC.CC.CC.CC.CC.CC.CC.CC.CC.CC.CC.Cc1ccccc1.Cc1cccn1C.Cc1ccco1.Cc1cccs1.Cc1ccnn1C.Cc1ccno1.Cc1ccns1.Cc1cncn1C.Cc1cnco1.Cc1cncs1.Cc1ncco1.Cc1nccs1. The Morgan fingerprint density at radius 2 is 0.960 bits per heavy atom. The third kappa shape index (κ3) is 96.8. The molecule has 19 heteroatoms. The minimum absolute atomic E-state index is 0.718. The Morgan fingerprint density at radius 3 is 1.09 bits per heavy atom. The van der Waals surface area contributed by atoms with Crippen molar-refractivity contribution in [3.05, 3.63) is 248 Å². The summed E-state index contributed by atoms with van der Waals surface area (Å²) in [6, 6.07) is 28.1. The number of rotatable bonds is 0. The first kappa shape index (κ1) is 119. The molecule has 0 radical (unpaired) electrons. The van der Waals surface area contributed by atoms with E-state index in [-0.39, 0.29) is 0 Å². The first-order valence-electron chi connectivity index (χ1n) is 35.6. The van der Waals surface area contributed by atoms with Crippen LogP contribution in [0.25, 0.3) is 0 Å². The third-order valence-electron chi connectivity index (χ3n) is 8.95. The highest BCUT2D eigenvalue weighted by Crippen LogP contribution is 2.04. The largest absolute Gasteiger partial charge is 0.470 e. The van der Waals surface area contributed by atoms with Crippen LogP contribution >= 0.6 is 45.5 Å². The molecule has 0 saturated heterocycles. The lowest BCUT2D eigenvalue weighted by Crippen LogP contribution is -1.90. The van der Waals surface area contributed by atoms with Gasteiger partial charge in [-0.15, -0.1) is 34.0 Å². The number of aromatic nitrogens is 11. The Morgan fingerprint density at radius 1 is 0.370 bits per heavy atom. The molecule has 12 rings (SSSR count). The van der Waals surface area contributed by atoms with Crippen molar-refractivity contribution in [2.24, 2.45) is 21.1 Å². The van der Waals surface area contributed by atoms with Gasteiger partial charge in [-0.3, -0.25) is 14.6 Å². The zero-order valence-electron chi connectivity index (χ0n) is 70.5. The lowest BCUT2D eigenvalue weighted by atomic mass is 10.2. The van der Waals surface area contributed by atoms with Crippen LogP contribution in [-0.4, -0.2) is 53.4 Å². The summed E-state index contributed by atoms with van der Waals surface area (Å²) < 4.78 is 28.6. The van der Waals surface area contributed by atoms with Crippen LogP contribution in [0, 0.1) is 83.1 Å². The minimum Gasteiger partial charge on any atom is -0.470 e. The first-order valence-corrected chi connectivity index (χ1v) is 39.0. The fourth-order valence-corrected chi connectivity index (χ4v) is 6.16. The number of benzene rings is 1. The number of hydrogen-bond acceptors (Lipinski definition) is 16. The molecule has 0 aliphatic carbocycles. The summed E-state index contributed by atoms with van der Waals surface area (Å²) in [6.07, 6.45) is 22.4. The van der Waals surface area contributed by atoms with Crippen LogP contribution in [-0.2, 0) is 21.1 Å². The molecule has 0 atom stereocenters. The number of thiophene rings is 1. The molecule has 0 spiro atoms. The lowest BCUT2D eigenvalue weighted by molar-refractivity contribution is 0.397. The highest BCUT2D eigenvalue weighted by molar-refractivity contribution is 7.10. The summed E-state index contributed by atoms with van der Waals surface area (Å²) >= 11 is 6.64. The first-order chi connectivity index (χ1) is 48.5. The molecule has 100 heavy (non-hydrogen) atoms. The summed E-state index contributed by atoms with van der Waals surface area (Å²) in [7, 11) is 5.94. The van der Waals surface area contributed by atoms with Gasteiger partial charge in [0.25, 0.3) is 0 Å². The predicted octanol–water partition coefficient (Wildman–Crippen LogP) is 28.0. The summed E-state index contributed by atoms with van der Waals surface area (Å²) in [5.41, 5.74) is 6.84. The Bertz CT molecular complexity index is 2440. The molecule has 11 heterocycles. The maximum Gasteiger partial charge on any atom is 0.190 e. The molecular weight excluding hydrogens is 1320 g/mol. The van der Waals surface area contributed by atoms with Gasteiger partial charge in [0.05, 0.1) is 41.7 Å². The van der Waals surface area contributed by atoms with Crippen LogP contribution in [0.1, 0.15) is 232 Å². The van der Waals surface area contributed by atoms with Crippen molar-refractivity contribution in [1.82, 2.24) is 53.4 Å². The second-order valence-corrected chi connectivity index (χ2v) is 20.1. The standard InChI is InChI=1S/C7H8.C6H9N.2C5H8N2.C5H6O.C5H6S.3C4H5NO.3C4H5NS.12C2H6/c1-7-5-3-2-4-6-7;1-6-4-3-5-7(6)2;1-5-3-6-4-7(5)2;1-5-3-4-6-7(5)2;2*1-5-3-2-4-6-5;1-4-2-5-3-6-4;1-4-5-2-3-6-4;1-4-2-3-5-6-4;1-4-2-5-3-6-4;1-4-5-2-3-6-4;1-4-2-3-5-6-4;12*1-2/h2-6H,1H3;3-5H,1-2H3;2*3-4H,1-2H3;2*2-4H,1H3;6*2-3H,1H3;12*1-2H3. The molecule has 0 aliphatic rings. The monoisotopic (exact) mass is 1470 g/mol. The van der Waals surface area contributed by atoms with Gasteiger partial charge in [0.2, 0.25) is 0 Å². The summed E-state index contributed by atoms with van der Waals surface area (Å²) in [5, 5.41) is 12.6. The predicted molar refractivity (Wildman–Crippen MR) is 450 cm³/mol. The van der Waals surface area contributed by atoms with E-state index in [2.05, 4.69) is 105 Å². The molecular formula is C81H147N11O4S4. The lowest BCUT2D eigenvalue weighted by Gasteiger charge is -1.89. The molecule has 12 aromatic rings. The molecule has 0 saturated carbocycles. The quantitative estimate of drug-likeness (QED) is 0.141. The zero-order valence-corrected chi connectivity index (χ0v) is 73.8. The van der Waals surface area contributed by atoms with Crippen molar-refractivity contribution in [2.45, 2.75) is 249 Å². The fraction of sp³-hybridized carbons (Fsp3) is 0.481. The Kier molecular flexibility index (Phi) is 128. The van der Waals surface area contributed by atoms with Gasteiger partial charge in [0.15, 0.2) is 12.3 Å². The number of nitrogens with zero attached hydrogens (tertiary/aromatic N) is 11. The zero-order chi connectivity index (χ0) is 80.2. The van der Waals surface area contributed by atoms with Crippen LogP contribution < -0.4 is 0 Å². The van der Waals surface area contributed by atoms with Crippen molar-refractivity contribution in [3.8, 4) is 0 Å². The average Bonchev–Trinajstić information content (AvgIpc) is 2.10.